The molecule has 192 valence electrons. The van der Waals surface area contributed by atoms with Gasteiger partial charge >= 0.3 is 5.97 Å². The quantitative estimate of drug-likeness (QED) is 0.225. The Balaban J connectivity index is 1.51. The van der Waals surface area contributed by atoms with Crippen molar-refractivity contribution < 1.29 is 28.3 Å². The van der Waals surface area contributed by atoms with Crippen LogP contribution in [0.5, 0.6) is 0 Å². The van der Waals surface area contributed by atoms with Crippen LogP contribution in [0.4, 0.5) is 14.5 Å². The van der Waals surface area contributed by atoms with Gasteiger partial charge in [0.15, 0.2) is 5.78 Å². The number of ketones is 1. The summed E-state index contributed by atoms with van der Waals surface area (Å²) in [6, 6.07) is 17.7. The zero-order valence-corrected chi connectivity index (χ0v) is 20.6. The summed E-state index contributed by atoms with van der Waals surface area (Å²) in [5, 5.41) is 11.9. The van der Waals surface area contributed by atoms with Gasteiger partial charge in [-0.15, -0.1) is 0 Å². The lowest BCUT2D eigenvalue weighted by Crippen LogP contribution is -2.13. The number of aromatic nitrogens is 1. The lowest BCUT2D eigenvalue weighted by molar-refractivity contribution is -0.137. The van der Waals surface area contributed by atoms with Crippen LogP contribution in [0.1, 0.15) is 40.1 Å². The Morgan fingerprint density at radius 3 is 2.24 bits per heavy atom. The molecule has 0 saturated heterocycles. The van der Waals surface area contributed by atoms with E-state index in [1.54, 1.807) is 48.5 Å². The van der Waals surface area contributed by atoms with E-state index in [0.29, 0.717) is 33.0 Å². The minimum absolute atomic E-state index is 0.0655. The van der Waals surface area contributed by atoms with Gasteiger partial charge in [0.05, 0.1) is 0 Å². The van der Waals surface area contributed by atoms with Gasteiger partial charge in [0.1, 0.15) is 17.3 Å². The normalized spacial score (nSPS) is 10.7. The number of halogens is 3. The van der Waals surface area contributed by atoms with Crippen molar-refractivity contribution in [3.63, 3.8) is 0 Å². The molecule has 0 aliphatic heterocycles. The van der Waals surface area contributed by atoms with Crippen molar-refractivity contribution in [3.8, 4) is 22.3 Å². The number of nitrogens with zero attached hydrogens (tertiary/aromatic N) is 1. The van der Waals surface area contributed by atoms with E-state index in [9.17, 15) is 23.2 Å². The summed E-state index contributed by atoms with van der Waals surface area (Å²) >= 11 is 6.19. The Morgan fingerprint density at radius 2 is 1.58 bits per heavy atom. The van der Waals surface area contributed by atoms with Crippen molar-refractivity contribution >= 4 is 34.9 Å². The number of hydrogen-bond donors (Lipinski definition) is 2. The first-order valence-electron chi connectivity index (χ1n) is 11.6. The van der Waals surface area contributed by atoms with Gasteiger partial charge in [0.2, 0.25) is 0 Å². The molecular weight excluding hydrogens is 514 g/mol. The molecule has 1 aromatic heterocycles. The fourth-order valence-electron chi connectivity index (χ4n) is 3.85. The van der Waals surface area contributed by atoms with Crippen LogP contribution in [0.15, 0.2) is 79.0 Å². The van der Waals surface area contributed by atoms with Crippen molar-refractivity contribution in [2.45, 2.75) is 19.3 Å². The zero-order chi connectivity index (χ0) is 27.2. The molecule has 0 atom stereocenters. The monoisotopic (exact) mass is 534 g/mol. The summed E-state index contributed by atoms with van der Waals surface area (Å²) in [4.78, 5) is 40.3. The lowest BCUT2D eigenvalue weighted by atomic mass is 9.99. The molecule has 0 saturated carbocycles. The molecule has 4 rings (SSSR count). The van der Waals surface area contributed by atoms with Crippen LogP contribution in [-0.4, -0.2) is 27.8 Å². The maximum absolute atomic E-state index is 14.1. The van der Waals surface area contributed by atoms with E-state index < -0.39 is 23.5 Å². The molecule has 0 unspecified atom stereocenters. The Labute approximate surface area is 221 Å². The Bertz CT molecular complexity index is 1510. The highest BCUT2D eigenvalue weighted by Crippen LogP contribution is 2.29. The van der Waals surface area contributed by atoms with E-state index in [4.69, 9.17) is 16.7 Å². The third-order valence-electron chi connectivity index (χ3n) is 5.77. The second-order valence-electron chi connectivity index (χ2n) is 8.45. The molecule has 2 N–H and O–H groups in total. The zero-order valence-electron chi connectivity index (χ0n) is 19.9. The Hall–Kier alpha value is -4.43. The van der Waals surface area contributed by atoms with Gasteiger partial charge < -0.3 is 10.4 Å². The molecule has 0 aliphatic rings. The fraction of sp³-hybridized carbons (Fsp3) is 0.103. The number of rotatable bonds is 9. The van der Waals surface area contributed by atoms with Gasteiger partial charge in [0.25, 0.3) is 5.91 Å². The number of nitrogens with one attached hydrogen (secondary N) is 1. The van der Waals surface area contributed by atoms with Gasteiger partial charge in [-0.05, 0) is 66.1 Å². The predicted molar refractivity (Wildman–Crippen MR) is 140 cm³/mol. The summed E-state index contributed by atoms with van der Waals surface area (Å²) in [6.07, 6.45) is 1.64. The number of carboxylic acid groups (broad SMARTS) is 1. The topological polar surface area (TPSA) is 96.4 Å². The highest BCUT2D eigenvalue weighted by Gasteiger charge is 2.16. The average molecular weight is 535 g/mol. The van der Waals surface area contributed by atoms with Gasteiger partial charge in [-0.3, -0.25) is 19.4 Å². The molecule has 0 aliphatic carbocycles. The lowest BCUT2D eigenvalue weighted by Gasteiger charge is -2.12. The van der Waals surface area contributed by atoms with E-state index in [1.807, 2.05) is 0 Å². The molecule has 0 radical (unpaired) electrons. The number of pyridine rings is 1. The van der Waals surface area contributed by atoms with Crippen molar-refractivity contribution in [1.29, 1.82) is 0 Å². The molecule has 1 heterocycles. The van der Waals surface area contributed by atoms with Crippen molar-refractivity contribution in [1.82, 2.24) is 4.98 Å². The molecule has 9 heteroatoms. The Kier molecular flexibility index (Phi) is 8.23. The number of amides is 1. The van der Waals surface area contributed by atoms with Crippen LogP contribution in [0, 0.1) is 11.6 Å². The largest absolute Gasteiger partial charge is 0.481 e. The third kappa shape index (κ3) is 6.46. The standard InChI is InChI=1S/C29H21ClF2N2O4/c30-19-7-11-23(24(14-19)18-6-13-26(33-16-18)27(35)2-1-3-28(36)37)29(38)34-21-9-4-17(5-10-21)22-12-8-20(31)15-25(22)32/h4-16H,1-3H2,(H,34,38)(H,36,37). The third-order valence-corrected chi connectivity index (χ3v) is 6.00. The molecule has 3 aromatic carbocycles. The number of anilines is 1. The van der Waals surface area contributed by atoms with Crippen LogP contribution in [0.3, 0.4) is 0 Å². The number of carbonyl (C=O) groups is 3. The molecule has 0 spiro atoms. The maximum Gasteiger partial charge on any atom is 0.303 e. The highest BCUT2D eigenvalue weighted by molar-refractivity contribution is 6.31. The molecule has 4 aromatic rings. The smallest absolute Gasteiger partial charge is 0.303 e. The molecule has 38 heavy (non-hydrogen) atoms. The van der Waals surface area contributed by atoms with Crippen LogP contribution in [0.25, 0.3) is 22.3 Å². The number of carbonyl (C=O) groups excluding carboxylic acids is 2. The van der Waals surface area contributed by atoms with E-state index >= 15 is 0 Å². The minimum Gasteiger partial charge on any atom is -0.481 e. The molecule has 1 amide bonds. The molecule has 0 fully saturated rings. The number of Topliss-reactive ketones (excluding diaryl/α,β-unsaturated/α-hetero) is 1. The van der Waals surface area contributed by atoms with E-state index in [1.165, 1.54) is 24.4 Å². The van der Waals surface area contributed by atoms with Gasteiger partial charge in [-0.1, -0.05) is 29.8 Å². The summed E-state index contributed by atoms with van der Waals surface area (Å²) < 4.78 is 27.3. The maximum atomic E-state index is 14.1. The predicted octanol–water partition coefficient (Wildman–Crippen LogP) is 7.04. The number of benzene rings is 3. The summed E-state index contributed by atoms with van der Waals surface area (Å²) in [5.74, 6) is -3.02. The van der Waals surface area contributed by atoms with Gasteiger partial charge in [-0.25, -0.2) is 8.78 Å². The number of hydrogen-bond acceptors (Lipinski definition) is 4. The second-order valence-corrected chi connectivity index (χ2v) is 8.88. The van der Waals surface area contributed by atoms with Crippen molar-refractivity contribution in [2.75, 3.05) is 5.32 Å². The van der Waals surface area contributed by atoms with Crippen LogP contribution in [-0.2, 0) is 4.79 Å². The molecule has 0 bridgehead atoms. The van der Waals surface area contributed by atoms with Gasteiger partial charge in [0, 0.05) is 52.5 Å². The van der Waals surface area contributed by atoms with Crippen molar-refractivity contribution in [2.24, 2.45) is 0 Å². The average Bonchev–Trinajstić information content (AvgIpc) is 2.89. The van der Waals surface area contributed by atoms with E-state index in [2.05, 4.69) is 10.3 Å². The first-order valence-corrected chi connectivity index (χ1v) is 12.0. The SMILES string of the molecule is O=C(O)CCCC(=O)c1ccc(-c2cc(Cl)ccc2C(=O)Nc2ccc(-c3ccc(F)cc3F)cc2)cn1. The number of carboxylic acids is 1. The first-order chi connectivity index (χ1) is 18.2. The van der Waals surface area contributed by atoms with Crippen molar-refractivity contribution in [3.05, 3.63) is 107 Å². The van der Waals surface area contributed by atoms with E-state index in [-0.39, 0.29) is 36.3 Å². The second kappa shape index (κ2) is 11.7. The minimum atomic E-state index is -0.967. The Morgan fingerprint density at radius 1 is 0.842 bits per heavy atom. The molecule has 6 nitrogen and oxygen atoms in total. The van der Waals surface area contributed by atoms with Crippen LogP contribution < -0.4 is 5.32 Å². The van der Waals surface area contributed by atoms with Gasteiger partial charge in [-0.2, -0.15) is 0 Å². The van der Waals surface area contributed by atoms with Crippen LogP contribution >= 0.6 is 11.6 Å². The summed E-state index contributed by atoms with van der Waals surface area (Å²) in [7, 11) is 0. The molecular formula is C29H21ClF2N2O4. The van der Waals surface area contributed by atoms with Crippen LogP contribution in [0.2, 0.25) is 5.02 Å². The fourth-order valence-corrected chi connectivity index (χ4v) is 4.03. The highest BCUT2D eigenvalue weighted by atomic mass is 35.5. The first kappa shape index (κ1) is 26.6. The van der Waals surface area contributed by atoms with E-state index in [0.717, 1.165) is 6.07 Å². The summed E-state index contributed by atoms with van der Waals surface area (Å²) in [5.41, 5.74) is 2.79. The summed E-state index contributed by atoms with van der Waals surface area (Å²) in [6.45, 7) is 0. The number of aliphatic carboxylic acids is 1.